The van der Waals surface area contributed by atoms with Crippen LogP contribution in [0, 0.1) is 0 Å². The Labute approximate surface area is 231 Å². The number of anilines is 1. The van der Waals surface area contributed by atoms with Gasteiger partial charge in [-0.3, -0.25) is 19.5 Å². The molecule has 0 radical (unpaired) electrons. The number of halogens is 1. The Morgan fingerprint density at radius 1 is 1.05 bits per heavy atom. The average Bonchev–Trinajstić information content (AvgIpc) is 3.65. The molecule has 0 saturated carbocycles. The Hall–Kier alpha value is -5.03. The van der Waals surface area contributed by atoms with E-state index in [4.69, 9.17) is 30.2 Å². The molecule has 0 bridgehead atoms. The van der Waals surface area contributed by atoms with Gasteiger partial charge in [0.2, 0.25) is 11.7 Å². The molecule has 2 aromatic carbocycles. The van der Waals surface area contributed by atoms with Crippen molar-refractivity contribution in [2.45, 2.75) is 6.04 Å². The lowest BCUT2D eigenvalue weighted by molar-refractivity contribution is -0.117. The Morgan fingerprint density at radius 2 is 1.80 bits per heavy atom. The summed E-state index contributed by atoms with van der Waals surface area (Å²) < 4.78 is 21.9. The van der Waals surface area contributed by atoms with Gasteiger partial charge in [-0.25, -0.2) is 4.98 Å². The van der Waals surface area contributed by atoms with E-state index in [1.54, 1.807) is 42.5 Å². The van der Waals surface area contributed by atoms with Crippen molar-refractivity contribution in [1.82, 2.24) is 15.0 Å². The number of imidazole rings is 1. The number of carbonyl (C=O) groups is 2. The summed E-state index contributed by atoms with van der Waals surface area (Å²) in [5.74, 6) is -1.10. The van der Waals surface area contributed by atoms with Gasteiger partial charge in [0.15, 0.2) is 34.4 Å². The second-order valence-electron chi connectivity index (χ2n) is 8.85. The number of hydrogen-bond acceptors (Lipinski definition) is 9. The van der Waals surface area contributed by atoms with Gasteiger partial charge in [0.1, 0.15) is 6.04 Å². The van der Waals surface area contributed by atoms with E-state index in [-0.39, 0.29) is 17.3 Å². The summed E-state index contributed by atoms with van der Waals surface area (Å²) in [6.07, 6.45) is 1.53. The van der Waals surface area contributed by atoms with Crippen LogP contribution in [0.4, 0.5) is 5.95 Å². The highest BCUT2D eigenvalue weighted by Crippen LogP contribution is 2.42. The molecule has 1 unspecified atom stereocenters. The van der Waals surface area contributed by atoms with Gasteiger partial charge in [-0.05, 0) is 24.3 Å². The van der Waals surface area contributed by atoms with Gasteiger partial charge in [0, 0.05) is 34.8 Å². The quantitative estimate of drug-likeness (QED) is 0.258. The summed E-state index contributed by atoms with van der Waals surface area (Å²) in [5, 5.41) is 12.0. The smallest absolute Gasteiger partial charge is 0.296 e. The third-order valence-electron chi connectivity index (χ3n) is 6.61. The summed E-state index contributed by atoms with van der Waals surface area (Å²) in [6, 6.07) is 11.9. The van der Waals surface area contributed by atoms with Crippen LogP contribution in [0.2, 0.25) is 5.02 Å². The number of furan rings is 1. The first-order chi connectivity index (χ1) is 19.3. The third-order valence-corrected chi connectivity index (χ3v) is 6.83. The predicted octanol–water partition coefficient (Wildman–Crippen LogP) is 5.17. The van der Waals surface area contributed by atoms with Gasteiger partial charge in [-0.2, -0.15) is 0 Å². The van der Waals surface area contributed by atoms with Crippen LogP contribution in [0.15, 0.2) is 70.5 Å². The van der Waals surface area contributed by atoms with Gasteiger partial charge in [-0.1, -0.05) is 17.7 Å². The molecule has 6 rings (SSSR count). The number of aromatic nitrogens is 3. The Morgan fingerprint density at radius 3 is 2.50 bits per heavy atom. The number of methoxy groups -OCH3 is 3. The zero-order valence-corrected chi connectivity index (χ0v) is 22.1. The molecular formula is C28H21ClN4O7. The Kier molecular flexibility index (Phi) is 6.07. The van der Waals surface area contributed by atoms with Crippen molar-refractivity contribution < 1.29 is 33.3 Å². The van der Waals surface area contributed by atoms with Crippen molar-refractivity contribution in [3.8, 4) is 17.2 Å². The number of nitrogens with zero attached hydrogens (tertiary/aromatic N) is 3. The number of benzene rings is 2. The minimum Gasteiger partial charge on any atom is -0.503 e. The zero-order valence-electron chi connectivity index (χ0n) is 21.4. The average molecular weight is 561 g/mol. The van der Waals surface area contributed by atoms with Crippen molar-refractivity contribution in [2.75, 3.05) is 26.2 Å². The third kappa shape index (κ3) is 3.90. The molecule has 202 valence electrons. The Balaban J connectivity index is 1.49. The van der Waals surface area contributed by atoms with Crippen molar-refractivity contribution in [3.05, 3.63) is 82.5 Å². The van der Waals surface area contributed by atoms with E-state index in [0.29, 0.717) is 50.0 Å². The molecule has 5 aromatic rings. The number of pyridine rings is 1. The van der Waals surface area contributed by atoms with Crippen LogP contribution >= 0.6 is 11.6 Å². The first-order valence-corrected chi connectivity index (χ1v) is 12.3. The van der Waals surface area contributed by atoms with E-state index in [9.17, 15) is 14.7 Å². The number of ether oxygens (including phenoxy) is 3. The van der Waals surface area contributed by atoms with E-state index in [1.165, 1.54) is 38.5 Å². The number of rotatable bonds is 7. The SMILES string of the molecule is COc1cc2nc(N3C(=O)C(O)=C(C(=O)c4cc5cc(Cl)cc(OC)c5o4)C3c3ccccn3)[nH]c2cc1OC. The molecular weight excluding hydrogens is 540 g/mol. The summed E-state index contributed by atoms with van der Waals surface area (Å²) in [6.45, 7) is 0. The number of amides is 1. The molecule has 2 N–H and O–H groups in total. The molecule has 0 aliphatic carbocycles. The fourth-order valence-electron chi connectivity index (χ4n) is 4.79. The summed E-state index contributed by atoms with van der Waals surface area (Å²) in [5.41, 5.74) is 1.42. The maximum Gasteiger partial charge on any atom is 0.296 e. The second kappa shape index (κ2) is 9.62. The molecule has 0 spiro atoms. The maximum absolute atomic E-state index is 13.9. The standard InChI is InChI=1S/C28H21ClN4O7/c1-37-18-11-16-17(12-19(18)38-2)32-28(31-16)33-23(15-6-4-5-7-30-15)22(25(35)27(33)36)24(34)20-9-13-8-14(29)10-21(39-3)26(13)40-20/h4-12,23,35H,1-3H3,(H,31,32). The van der Waals surface area contributed by atoms with Crippen LogP contribution in [0.25, 0.3) is 22.0 Å². The monoisotopic (exact) mass is 560 g/mol. The van der Waals surface area contributed by atoms with Gasteiger partial charge in [0.05, 0.1) is 43.6 Å². The van der Waals surface area contributed by atoms with E-state index in [0.717, 1.165) is 0 Å². The van der Waals surface area contributed by atoms with E-state index >= 15 is 0 Å². The van der Waals surface area contributed by atoms with Crippen LogP contribution in [-0.4, -0.2) is 53.1 Å². The number of aliphatic hydroxyl groups excluding tert-OH is 1. The molecule has 12 heteroatoms. The number of H-pyrrole nitrogens is 1. The fraction of sp³-hybridized carbons (Fsp3) is 0.143. The number of aliphatic hydroxyl groups is 1. The highest BCUT2D eigenvalue weighted by Gasteiger charge is 2.47. The molecule has 0 fully saturated rings. The summed E-state index contributed by atoms with van der Waals surface area (Å²) in [7, 11) is 4.45. The van der Waals surface area contributed by atoms with Crippen LogP contribution < -0.4 is 19.1 Å². The molecule has 1 atom stereocenters. The van der Waals surface area contributed by atoms with Gasteiger partial charge in [-0.15, -0.1) is 0 Å². The lowest BCUT2D eigenvalue weighted by Gasteiger charge is -2.23. The lowest BCUT2D eigenvalue weighted by Crippen LogP contribution is -2.32. The number of aromatic amines is 1. The largest absolute Gasteiger partial charge is 0.503 e. The van der Waals surface area contributed by atoms with Crippen LogP contribution in [0.3, 0.4) is 0 Å². The molecule has 1 amide bonds. The normalized spacial score (nSPS) is 15.3. The second-order valence-corrected chi connectivity index (χ2v) is 9.28. The molecule has 1 aliphatic rings. The zero-order chi connectivity index (χ0) is 28.1. The van der Waals surface area contributed by atoms with E-state index in [1.807, 2.05) is 0 Å². The van der Waals surface area contributed by atoms with Crippen LogP contribution in [0.5, 0.6) is 17.2 Å². The minimum absolute atomic E-state index is 0.0818. The van der Waals surface area contributed by atoms with E-state index < -0.39 is 23.5 Å². The first kappa shape index (κ1) is 25.3. The fourth-order valence-corrected chi connectivity index (χ4v) is 5.01. The van der Waals surface area contributed by atoms with Crippen molar-refractivity contribution in [3.63, 3.8) is 0 Å². The molecule has 1 aliphatic heterocycles. The minimum atomic E-state index is -1.12. The number of nitrogens with one attached hydrogen (secondary N) is 1. The maximum atomic E-state index is 13.9. The topological polar surface area (TPSA) is 140 Å². The number of fused-ring (bicyclic) bond motifs is 2. The molecule has 4 heterocycles. The van der Waals surface area contributed by atoms with Gasteiger partial charge < -0.3 is 28.7 Å². The highest BCUT2D eigenvalue weighted by molar-refractivity contribution is 6.31. The Bertz CT molecular complexity index is 1800. The van der Waals surface area contributed by atoms with Gasteiger partial charge >= 0.3 is 0 Å². The van der Waals surface area contributed by atoms with Crippen molar-refractivity contribution in [1.29, 1.82) is 0 Å². The predicted molar refractivity (Wildman–Crippen MR) is 145 cm³/mol. The summed E-state index contributed by atoms with van der Waals surface area (Å²) in [4.78, 5) is 40.6. The number of hydrogen-bond donors (Lipinski definition) is 2. The first-order valence-electron chi connectivity index (χ1n) is 12.0. The van der Waals surface area contributed by atoms with Crippen LogP contribution in [-0.2, 0) is 4.79 Å². The lowest BCUT2D eigenvalue weighted by atomic mass is 9.98. The molecule has 40 heavy (non-hydrogen) atoms. The van der Waals surface area contributed by atoms with Crippen molar-refractivity contribution >= 4 is 51.2 Å². The number of ketones is 1. The number of carbonyl (C=O) groups excluding carboxylic acids is 2. The molecule has 0 saturated heterocycles. The molecule has 11 nitrogen and oxygen atoms in total. The highest BCUT2D eigenvalue weighted by atomic mass is 35.5. The van der Waals surface area contributed by atoms with Gasteiger partial charge in [0.25, 0.3) is 5.91 Å². The van der Waals surface area contributed by atoms with Crippen molar-refractivity contribution in [2.24, 2.45) is 0 Å². The van der Waals surface area contributed by atoms with E-state index in [2.05, 4.69) is 15.0 Å². The van der Waals surface area contributed by atoms with Crippen LogP contribution in [0.1, 0.15) is 22.3 Å². The summed E-state index contributed by atoms with van der Waals surface area (Å²) >= 11 is 6.18. The molecule has 3 aromatic heterocycles. The number of Topliss-reactive ketones (excluding diaryl/α,β-unsaturated/α-hetero) is 1.